The van der Waals surface area contributed by atoms with Gasteiger partial charge in [-0.1, -0.05) is 6.07 Å². The van der Waals surface area contributed by atoms with Crippen molar-refractivity contribution in [2.75, 3.05) is 38.3 Å². The number of carbonyl (C=O) groups is 1. The molecule has 1 N–H and O–H groups in total. The molecule has 1 aromatic carbocycles. The molecule has 1 aliphatic rings. The van der Waals surface area contributed by atoms with E-state index in [2.05, 4.69) is 5.32 Å². The molecule has 0 saturated carbocycles. The predicted octanol–water partition coefficient (Wildman–Crippen LogP) is 2.19. The Morgan fingerprint density at radius 1 is 1.43 bits per heavy atom. The normalized spacial score (nSPS) is 17.5. The molecule has 21 heavy (non-hydrogen) atoms. The van der Waals surface area contributed by atoms with Crippen molar-refractivity contribution in [2.24, 2.45) is 5.41 Å². The molecule has 0 bridgehead atoms. The standard InChI is InChI=1S/C16H23FN2O2/c1-3-19(14-6-4-5-13(17)11-14)15(20)16(12-21-2)7-9-18-10-8-16/h4-6,11,18H,3,7-10,12H2,1-2H3. The van der Waals surface area contributed by atoms with Crippen LogP contribution in [0.2, 0.25) is 0 Å². The van der Waals surface area contributed by atoms with Crippen LogP contribution in [0, 0.1) is 11.2 Å². The Labute approximate surface area is 125 Å². The highest BCUT2D eigenvalue weighted by Crippen LogP contribution is 2.33. The molecule has 0 aromatic heterocycles. The Hall–Kier alpha value is -1.46. The monoisotopic (exact) mass is 294 g/mol. The largest absolute Gasteiger partial charge is 0.384 e. The number of methoxy groups -OCH3 is 1. The van der Waals surface area contributed by atoms with Gasteiger partial charge >= 0.3 is 0 Å². The zero-order chi connectivity index (χ0) is 15.3. The Morgan fingerprint density at radius 2 is 2.14 bits per heavy atom. The van der Waals surface area contributed by atoms with Crippen LogP contribution in [0.5, 0.6) is 0 Å². The Bertz CT molecular complexity index is 481. The van der Waals surface area contributed by atoms with Crippen LogP contribution in [0.1, 0.15) is 19.8 Å². The Balaban J connectivity index is 2.29. The maximum Gasteiger partial charge on any atom is 0.235 e. The van der Waals surface area contributed by atoms with Gasteiger partial charge < -0.3 is 15.0 Å². The van der Waals surface area contributed by atoms with Crippen LogP contribution >= 0.6 is 0 Å². The molecule has 116 valence electrons. The fourth-order valence-electron chi connectivity index (χ4n) is 2.98. The van der Waals surface area contributed by atoms with Crippen molar-refractivity contribution in [2.45, 2.75) is 19.8 Å². The van der Waals surface area contributed by atoms with Gasteiger partial charge in [-0.2, -0.15) is 0 Å². The first-order valence-electron chi connectivity index (χ1n) is 7.40. The molecule has 1 amide bonds. The van der Waals surface area contributed by atoms with Crippen molar-refractivity contribution in [3.05, 3.63) is 30.1 Å². The number of piperidine rings is 1. The number of halogens is 1. The maximum absolute atomic E-state index is 13.4. The third-order valence-corrected chi connectivity index (χ3v) is 4.12. The number of rotatable bonds is 5. The molecule has 1 fully saturated rings. The molecule has 1 saturated heterocycles. The average molecular weight is 294 g/mol. The summed E-state index contributed by atoms with van der Waals surface area (Å²) in [7, 11) is 1.62. The first kappa shape index (κ1) is 15.9. The van der Waals surface area contributed by atoms with E-state index in [0.29, 0.717) is 18.8 Å². The second-order valence-corrected chi connectivity index (χ2v) is 5.49. The van der Waals surface area contributed by atoms with Crippen molar-refractivity contribution in [1.29, 1.82) is 0 Å². The van der Waals surface area contributed by atoms with E-state index < -0.39 is 5.41 Å². The smallest absolute Gasteiger partial charge is 0.235 e. The zero-order valence-corrected chi connectivity index (χ0v) is 12.7. The fraction of sp³-hybridized carbons (Fsp3) is 0.562. The van der Waals surface area contributed by atoms with Crippen molar-refractivity contribution in [1.82, 2.24) is 5.32 Å². The topological polar surface area (TPSA) is 41.6 Å². The summed E-state index contributed by atoms with van der Waals surface area (Å²) in [5.74, 6) is -0.302. The minimum absolute atomic E-state index is 0.0268. The maximum atomic E-state index is 13.4. The minimum atomic E-state index is -0.512. The average Bonchev–Trinajstić information content (AvgIpc) is 2.49. The van der Waals surface area contributed by atoms with Crippen molar-refractivity contribution < 1.29 is 13.9 Å². The third-order valence-electron chi connectivity index (χ3n) is 4.12. The minimum Gasteiger partial charge on any atom is -0.384 e. The van der Waals surface area contributed by atoms with E-state index in [1.54, 1.807) is 24.1 Å². The molecular formula is C16H23FN2O2. The number of nitrogens with one attached hydrogen (secondary N) is 1. The van der Waals surface area contributed by atoms with Crippen LogP contribution in [0.25, 0.3) is 0 Å². The molecule has 1 aromatic rings. The summed E-state index contributed by atoms with van der Waals surface area (Å²) in [6.07, 6.45) is 1.48. The van der Waals surface area contributed by atoms with E-state index in [1.807, 2.05) is 6.92 Å². The summed E-state index contributed by atoms with van der Waals surface area (Å²) >= 11 is 0. The molecule has 0 radical (unpaired) electrons. The lowest BCUT2D eigenvalue weighted by molar-refractivity contribution is -0.133. The van der Waals surface area contributed by atoms with Gasteiger partial charge in [0, 0.05) is 19.3 Å². The quantitative estimate of drug-likeness (QED) is 0.905. The van der Waals surface area contributed by atoms with Crippen LogP contribution in [0.4, 0.5) is 10.1 Å². The second-order valence-electron chi connectivity index (χ2n) is 5.49. The Morgan fingerprint density at radius 3 is 2.71 bits per heavy atom. The number of carbonyl (C=O) groups excluding carboxylic acids is 1. The van der Waals surface area contributed by atoms with Gasteiger partial charge in [0.2, 0.25) is 5.91 Å². The molecule has 0 spiro atoms. The van der Waals surface area contributed by atoms with Gasteiger partial charge in [-0.25, -0.2) is 4.39 Å². The van der Waals surface area contributed by atoms with Gasteiger partial charge in [0.05, 0.1) is 12.0 Å². The summed E-state index contributed by atoms with van der Waals surface area (Å²) in [4.78, 5) is 14.7. The summed E-state index contributed by atoms with van der Waals surface area (Å²) in [6, 6.07) is 6.19. The molecule has 0 aliphatic carbocycles. The zero-order valence-electron chi connectivity index (χ0n) is 12.7. The number of hydrogen-bond acceptors (Lipinski definition) is 3. The van der Waals surface area contributed by atoms with E-state index >= 15 is 0 Å². The SMILES string of the molecule is CCN(C(=O)C1(COC)CCNCC1)c1cccc(F)c1. The molecule has 2 rings (SSSR count). The highest BCUT2D eigenvalue weighted by molar-refractivity contribution is 5.97. The van der Waals surface area contributed by atoms with Gasteiger partial charge in [0.25, 0.3) is 0 Å². The van der Waals surface area contributed by atoms with E-state index in [9.17, 15) is 9.18 Å². The first-order chi connectivity index (χ1) is 10.1. The van der Waals surface area contributed by atoms with Crippen LogP contribution in [-0.2, 0) is 9.53 Å². The van der Waals surface area contributed by atoms with Gasteiger partial charge in [-0.15, -0.1) is 0 Å². The number of amides is 1. The number of benzene rings is 1. The third kappa shape index (κ3) is 3.41. The first-order valence-corrected chi connectivity index (χ1v) is 7.40. The van der Waals surface area contributed by atoms with Crippen LogP contribution in [0.15, 0.2) is 24.3 Å². The summed E-state index contributed by atoms with van der Waals surface area (Å²) < 4.78 is 18.8. The van der Waals surface area contributed by atoms with Crippen molar-refractivity contribution in [3.8, 4) is 0 Å². The van der Waals surface area contributed by atoms with Gasteiger partial charge in [-0.05, 0) is 51.1 Å². The van der Waals surface area contributed by atoms with Gasteiger partial charge in [0.15, 0.2) is 0 Å². The summed E-state index contributed by atoms with van der Waals surface area (Å²) in [6.45, 7) is 4.43. The summed E-state index contributed by atoms with van der Waals surface area (Å²) in [5, 5.41) is 3.27. The highest BCUT2D eigenvalue weighted by Gasteiger charge is 2.42. The molecule has 5 heteroatoms. The molecule has 0 unspecified atom stereocenters. The van der Waals surface area contributed by atoms with E-state index in [-0.39, 0.29) is 11.7 Å². The van der Waals surface area contributed by atoms with Gasteiger partial charge in [0.1, 0.15) is 5.82 Å². The molecule has 1 aliphatic heterocycles. The van der Waals surface area contributed by atoms with Crippen molar-refractivity contribution >= 4 is 11.6 Å². The number of anilines is 1. The second kappa shape index (κ2) is 7.00. The lowest BCUT2D eigenvalue weighted by Crippen LogP contribution is -2.51. The van der Waals surface area contributed by atoms with Crippen LogP contribution in [0.3, 0.4) is 0 Å². The van der Waals surface area contributed by atoms with E-state index in [0.717, 1.165) is 25.9 Å². The molecule has 0 atom stereocenters. The lowest BCUT2D eigenvalue weighted by atomic mass is 9.78. The number of nitrogens with zero attached hydrogens (tertiary/aromatic N) is 1. The van der Waals surface area contributed by atoms with Gasteiger partial charge in [-0.3, -0.25) is 4.79 Å². The fourth-order valence-corrected chi connectivity index (χ4v) is 2.98. The number of hydrogen-bond donors (Lipinski definition) is 1. The lowest BCUT2D eigenvalue weighted by Gasteiger charge is -2.39. The van der Waals surface area contributed by atoms with Crippen LogP contribution < -0.4 is 10.2 Å². The van der Waals surface area contributed by atoms with Crippen molar-refractivity contribution in [3.63, 3.8) is 0 Å². The van der Waals surface area contributed by atoms with E-state index in [1.165, 1.54) is 12.1 Å². The Kier molecular flexibility index (Phi) is 5.31. The summed E-state index contributed by atoms with van der Waals surface area (Å²) in [5.41, 5.74) is 0.0963. The van der Waals surface area contributed by atoms with E-state index in [4.69, 9.17) is 4.74 Å². The highest BCUT2D eigenvalue weighted by atomic mass is 19.1. The predicted molar refractivity (Wildman–Crippen MR) is 80.8 cm³/mol. The molecule has 1 heterocycles. The molecular weight excluding hydrogens is 271 g/mol. The molecule has 4 nitrogen and oxygen atoms in total. The van der Waals surface area contributed by atoms with Crippen LogP contribution in [-0.4, -0.2) is 39.3 Å². The number of ether oxygens (including phenoxy) is 1.